The Kier molecular flexibility index (Phi) is 3.66. The van der Waals surface area contributed by atoms with E-state index in [1.807, 2.05) is 12.1 Å². The molecule has 0 bridgehead atoms. The fourth-order valence-electron chi connectivity index (χ4n) is 3.48. The minimum atomic E-state index is -3.72. The number of benzene rings is 1. The van der Waals surface area contributed by atoms with Crippen molar-refractivity contribution in [3.63, 3.8) is 0 Å². The van der Waals surface area contributed by atoms with Gasteiger partial charge in [0.15, 0.2) is 0 Å². The van der Waals surface area contributed by atoms with Gasteiger partial charge in [-0.05, 0) is 39.0 Å². The number of hydrogen-bond acceptors (Lipinski definition) is 5. The molecule has 0 saturated carbocycles. The van der Waals surface area contributed by atoms with Gasteiger partial charge in [0, 0.05) is 35.8 Å². The number of fused-ring (bicyclic) bond motifs is 3. The fraction of sp³-hybridized carbons (Fsp3) is 0.333. The van der Waals surface area contributed by atoms with E-state index in [9.17, 15) is 8.42 Å². The lowest BCUT2D eigenvalue weighted by Gasteiger charge is -2.14. The van der Waals surface area contributed by atoms with Crippen molar-refractivity contribution in [1.29, 1.82) is 0 Å². The molecule has 3 heterocycles. The number of ether oxygens (including phenoxy) is 1. The Bertz CT molecular complexity index is 1060. The third-order valence-electron chi connectivity index (χ3n) is 4.61. The molecule has 0 fully saturated rings. The Morgan fingerprint density at radius 1 is 1.24 bits per heavy atom. The van der Waals surface area contributed by atoms with Crippen molar-refractivity contribution >= 4 is 20.9 Å². The van der Waals surface area contributed by atoms with E-state index in [1.165, 1.54) is 3.97 Å². The molecule has 0 saturated heterocycles. The smallest absolute Gasteiger partial charge is 0.271 e. The van der Waals surface area contributed by atoms with Crippen LogP contribution in [0.3, 0.4) is 0 Å². The standard InChI is InChI=1S/C18H20N2O4S/c1-11-10-17(13(3)24-11)25(21,22)20-8-6-14-15(20)4-5-16-18(14)12(2)19-7-9-23-16/h4-6,8,10,12,19H,7,9H2,1-3H3. The van der Waals surface area contributed by atoms with Crippen molar-refractivity contribution in [3.05, 3.63) is 47.5 Å². The molecule has 0 aliphatic carbocycles. The first-order valence-electron chi connectivity index (χ1n) is 8.22. The van der Waals surface area contributed by atoms with Crippen LogP contribution in [0.1, 0.15) is 30.0 Å². The Balaban J connectivity index is 1.95. The van der Waals surface area contributed by atoms with Crippen LogP contribution in [0.2, 0.25) is 0 Å². The Hall–Kier alpha value is -2.25. The lowest BCUT2D eigenvalue weighted by Crippen LogP contribution is -2.20. The van der Waals surface area contributed by atoms with Gasteiger partial charge >= 0.3 is 0 Å². The van der Waals surface area contributed by atoms with Gasteiger partial charge in [0.25, 0.3) is 10.0 Å². The summed E-state index contributed by atoms with van der Waals surface area (Å²) < 4.78 is 38.8. The van der Waals surface area contributed by atoms with E-state index in [0.717, 1.165) is 23.2 Å². The summed E-state index contributed by atoms with van der Waals surface area (Å²) in [6, 6.07) is 7.12. The summed E-state index contributed by atoms with van der Waals surface area (Å²) in [5.41, 5.74) is 1.63. The van der Waals surface area contributed by atoms with E-state index in [2.05, 4.69) is 12.2 Å². The molecule has 4 rings (SSSR count). The number of aryl methyl sites for hydroxylation is 2. The second-order valence-electron chi connectivity index (χ2n) is 6.33. The molecule has 1 N–H and O–H groups in total. The van der Waals surface area contributed by atoms with Crippen LogP contribution in [0.5, 0.6) is 5.75 Å². The van der Waals surface area contributed by atoms with Crippen LogP contribution < -0.4 is 10.1 Å². The van der Waals surface area contributed by atoms with Crippen molar-refractivity contribution in [3.8, 4) is 5.75 Å². The third-order valence-corrected chi connectivity index (χ3v) is 6.41. The van der Waals surface area contributed by atoms with Crippen molar-refractivity contribution in [2.24, 2.45) is 0 Å². The Labute approximate surface area is 146 Å². The zero-order valence-corrected chi connectivity index (χ0v) is 15.2. The normalized spacial score (nSPS) is 18.0. The van der Waals surface area contributed by atoms with Crippen molar-refractivity contribution in [2.45, 2.75) is 31.7 Å². The van der Waals surface area contributed by atoms with E-state index in [1.54, 1.807) is 32.2 Å². The quantitative estimate of drug-likeness (QED) is 0.760. The van der Waals surface area contributed by atoms with Crippen LogP contribution in [0.25, 0.3) is 10.9 Å². The first-order chi connectivity index (χ1) is 11.9. The van der Waals surface area contributed by atoms with Gasteiger partial charge in [0.2, 0.25) is 0 Å². The van der Waals surface area contributed by atoms with Gasteiger partial charge in [-0.2, -0.15) is 0 Å². The van der Waals surface area contributed by atoms with Gasteiger partial charge < -0.3 is 14.5 Å². The molecule has 2 aromatic heterocycles. The highest BCUT2D eigenvalue weighted by molar-refractivity contribution is 7.90. The van der Waals surface area contributed by atoms with Gasteiger partial charge in [-0.25, -0.2) is 12.4 Å². The number of rotatable bonds is 2. The number of nitrogens with zero attached hydrogens (tertiary/aromatic N) is 1. The summed E-state index contributed by atoms with van der Waals surface area (Å²) in [6.07, 6.45) is 1.60. The van der Waals surface area contributed by atoms with Crippen LogP contribution in [0, 0.1) is 13.8 Å². The Morgan fingerprint density at radius 3 is 2.76 bits per heavy atom. The summed E-state index contributed by atoms with van der Waals surface area (Å²) in [4.78, 5) is 0.194. The molecule has 1 aliphatic rings. The summed E-state index contributed by atoms with van der Waals surface area (Å²) in [5.74, 6) is 1.77. The van der Waals surface area contributed by atoms with Crippen molar-refractivity contribution in [1.82, 2.24) is 9.29 Å². The van der Waals surface area contributed by atoms with Crippen LogP contribution in [-0.2, 0) is 10.0 Å². The molecule has 0 radical (unpaired) electrons. The molecule has 1 atom stereocenters. The topological polar surface area (TPSA) is 73.5 Å². The van der Waals surface area contributed by atoms with E-state index in [4.69, 9.17) is 9.15 Å². The maximum Gasteiger partial charge on any atom is 0.271 e. The summed E-state index contributed by atoms with van der Waals surface area (Å²) >= 11 is 0. The highest BCUT2D eigenvalue weighted by Gasteiger charge is 2.26. The number of aromatic nitrogens is 1. The Morgan fingerprint density at radius 2 is 2.04 bits per heavy atom. The molecule has 25 heavy (non-hydrogen) atoms. The van der Waals surface area contributed by atoms with Crippen molar-refractivity contribution < 1.29 is 17.6 Å². The lowest BCUT2D eigenvalue weighted by molar-refractivity contribution is 0.325. The fourth-order valence-corrected chi connectivity index (χ4v) is 5.06. The molecule has 0 spiro atoms. The maximum atomic E-state index is 13.1. The SMILES string of the molecule is Cc1cc(S(=O)(=O)n2ccc3c4c(ccc32)OCCNC4C)c(C)o1. The lowest BCUT2D eigenvalue weighted by atomic mass is 10.0. The van der Waals surface area contributed by atoms with Gasteiger partial charge in [-0.3, -0.25) is 0 Å². The first kappa shape index (κ1) is 16.2. The van der Waals surface area contributed by atoms with E-state index in [0.29, 0.717) is 23.6 Å². The molecular formula is C18H20N2O4S. The molecule has 1 aromatic carbocycles. The average Bonchev–Trinajstić information content (AvgIpc) is 3.08. The predicted octanol–water partition coefficient (Wildman–Crippen LogP) is 3.13. The number of nitrogens with one attached hydrogen (secondary N) is 1. The van der Waals surface area contributed by atoms with Crippen LogP contribution in [-0.4, -0.2) is 25.5 Å². The zero-order valence-electron chi connectivity index (χ0n) is 14.4. The number of furan rings is 1. The van der Waals surface area contributed by atoms with E-state index < -0.39 is 10.0 Å². The van der Waals surface area contributed by atoms with E-state index >= 15 is 0 Å². The molecule has 1 unspecified atom stereocenters. The molecule has 3 aromatic rings. The van der Waals surface area contributed by atoms with Gasteiger partial charge in [-0.15, -0.1) is 0 Å². The van der Waals surface area contributed by atoms with Crippen LogP contribution in [0.15, 0.2) is 39.8 Å². The summed E-state index contributed by atoms with van der Waals surface area (Å²) in [6.45, 7) is 6.81. The molecular weight excluding hydrogens is 340 g/mol. The molecule has 6 nitrogen and oxygen atoms in total. The monoisotopic (exact) mass is 360 g/mol. The van der Waals surface area contributed by atoms with Crippen LogP contribution >= 0.6 is 0 Å². The third kappa shape index (κ3) is 2.46. The molecule has 132 valence electrons. The largest absolute Gasteiger partial charge is 0.492 e. The zero-order chi connectivity index (χ0) is 17.8. The second-order valence-corrected chi connectivity index (χ2v) is 8.11. The number of hydrogen-bond donors (Lipinski definition) is 1. The first-order valence-corrected chi connectivity index (χ1v) is 9.66. The van der Waals surface area contributed by atoms with E-state index in [-0.39, 0.29) is 10.9 Å². The summed E-state index contributed by atoms with van der Waals surface area (Å²) in [5, 5.41) is 4.26. The van der Waals surface area contributed by atoms with Gasteiger partial charge in [0.1, 0.15) is 28.8 Å². The summed E-state index contributed by atoms with van der Waals surface area (Å²) in [7, 11) is -3.72. The van der Waals surface area contributed by atoms with Crippen molar-refractivity contribution in [2.75, 3.05) is 13.2 Å². The molecule has 7 heteroatoms. The minimum Gasteiger partial charge on any atom is -0.492 e. The predicted molar refractivity (Wildman–Crippen MR) is 94.6 cm³/mol. The van der Waals surface area contributed by atoms with Crippen LogP contribution in [0.4, 0.5) is 0 Å². The highest BCUT2D eigenvalue weighted by atomic mass is 32.2. The average molecular weight is 360 g/mol. The minimum absolute atomic E-state index is 0.0812. The second kappa shape index (κ2) is 5.64. The molecule has 0 amide bonds. The maximum absolute atomic E-state index is 13.1. The molecule has 1 aliphatic heterocycles. The van der Waals surface area contributed by atoms with Gasteiger partial charge in [0.05, 0.1) is 5.52 Å². The highest BCUT2D eigenvalue weighted by Crippen LogP contribution is 2.36. The van der Waals surface area contributed by atoms with Gasteiger partial charge in [-0.1, -0.05) is 0 Å².